The van der Waals surface area contributed by atoms with E-state index >= 15 is 0 Å². The summed E-state index contributed by atoms with van der Waals surface area (Å²) in [5, 5.41) is 3.26. The van der Waals surface area contributed by atoms with Gasteiger partial charge in [-0.2, -0.15) is 0 Å². The number of nitrogen functional groups attached to an aromatic ring is 1. The molecule has 0 aliphatic rings. The third kappa shape index (κ3) is 2.79. The first kappa shape index (κ1) is 12.8. The smallest absolute Gasteiger partial charge is 0.140 e. The van der Waals surface area contributed by atoms with Crippen LogP contribution in [0.4, 0.5) is 11.5 Å². The molecule has 0 atom stereocenters. The fraction of sp³-hybridized carbons (Fsp3) is 0.231. The number of pyridine rings is 2. The lowest BCUT2D eigenvalue weighted by Gasteiger charge is -2.10. The van der Waals surface area contributed by atoms with Crippen LogP contribution in [0.25, 0.3) is 0 Å². The Bertz CT molecular complexity index is 552. The second-order valence-corrected chi connectivity index (χ2v) is 4.96. The van der Waals surface area contributed by atoms with Gasteiger partial charge in [0.05, 0.1) is 16.4 Å². The Labute approximate surface area is 115 Å². The van der Waals surface area contributed by atoms with E-state index in [-0.39, 0.29) is 0 Å². The van der Waals surface area contributed by atoms with Gasteiger partial charge in [-0.25, -0.2) is 4.98 Å². The molecule has 0 aliphatic carbocycles. The predicted octanol–water partition coefficient (Wildman–Crippen LogP) is 3.05. The largest absolute Gasteiger partial charge is 0.397 e. The fourth-order valence-electron chi connectivity index (χ4n) is 1.50. The normalized spacial score (nSPS) is 10.4. The lowest BCUT2D eigenvalue weighted by molar-refractivity contribution is 1.06. The van der Waals surface area contributed by atoms with Gasteiger partial charge in [-0.05, 0) is 47.0 Å². The number of nitrogens with one attached hydrogen (secondary N) is 1. The van der Waals surface area contributed by atoms with Gasteiger partial charge in [0.25, 0.3) is 0 Å². The van der Waals surface area contributed by atoms with E-state index in [1.807, 2.05) is 32.2 Å². The highest BCUT2D eigenvalue weighted by Crippen LogP contribution is 2.27. The fourth-order valence-corrected chi connectivity index (χ4v) is 1.98. The van der Waals surface area contributed by atoms with Crippen molar-refractivity contribution in [2.45, 2.75) is 20.4 Å². The van der Waals surface area contributed by atoms with Crippen LogP contribution in [0.5, 0.6) is 0 Å². The molecule has 18 heavy (non-hydrogen) atoms. The molecule has 2 heterocycles. The first-order chi connectivity index (χ1) is 8.58. The number of anilines is 2. The minimum atomic E-state index is 0.683. The van der Waals surface area contributed by atoms with Gasteiger partial charge in [0.1, 0.15) is 5.82 Å². The van der Waals surface area contributed by atoms with Crippen molar-refractivity contribution in [3.63, 3.8) is 0 Å². The molecular weight excluding hydrogens is 292 g/mol. The molecule has 0 radical (unpaired) electrons. The second kappa shape index (κ2) is 5.35. The molecule has 0 saturated carbocycles. The quantitative estimate of drug-likeness (QED) is 0.915. The number of nitrogens with zero attached hydrogens (tertiary/aromatic N) is 2. The van der Waals surface area contributed by atoms with Gasteiger partial charge in [-0.3, -0.25) is 4.98 Å². The molecule has 2 aromatic rings. The minimum Gasteiger partial charge on any atom is -0.397 e. The molecule has 0 aliphatic heterocycles. The van der Waals surface area contributed by atoms with Gasteiger partial charge in [0.15, 0.2) is 0 Å². The average Bonchev–Trinajstić information content (AvgIpc) is 2.37. The molecule has 4 nitrogen and oxygen atoms in total. The van der Waals surface area contributed by atoms with Crippen molar-refractivity contribution in [1.29, 1.82) is 0 Å². The molecule has 0 amide bonds. The van der Waals surface area contributed by atoms with Crippen LogP contribution >= 0.6 is 15.9 Å². The molecule has 0 spiro atoms. The first-order valence-electron chi connectivity index (χ1n) is 5.64. The number of aryl methyl sites for hydroxylation is 1. The van der Waals surface area contributed by atoms with Gasteiger partial charge in [-0.1, -0.05) is 6.07 Å². The summed E-state index contributed by atoms with van der Waals surface area (Å²) in [6.45, 7) is 4.61. The lowest BCUT2D eigenvalue weighted by Crippen LogP contribution is -2.04. The zero-order chi connectivity index (χ0) is 13.1. The summed E-state index contributed by atoms with van der Waals surface area (Å²) >= 11 is 3.50. The summed E-state index contributed by atoms with van der Waals surface area (Å²) in [5.74, 6) is 0.794. The highest BCUT2D eigenvalue weighted by molar-refractivity contribution is 9.10. The van der Waals surface area contributed by atoms with E-state index in [2.05, 4.69) is 31.2 Å². The van der Waals surface area contributed by atoms with Crippen molar-refractivity contribution in [3.05, 3.63) is 45.8 Å². The predicted molar refractivity (Wildman–Crippen MR) is 77.4 cm³/mol. The summed E-state index contributed by atoms with van der Waals surface area (Å²) in [4.78, 5) is 8.52. The molecule has 0 bridgehead atoms. The third-order valence-electron chi connectivity index (χ3n) is 2.74. The Balaban J connectivity index is 2.11. The maximum Gasteiger partial charge on any atom is 0.140 e. The molecule has 0 unspecified atom stereocenters. The Hall–Kier alpha value is -1.62. The van der Waals surface area contributed by atoms with Crippen molar-refractivity contribution in [1.82, 2.24) is 9.97 Å². The highest BCUT2D eigenvalue weighted by Gasteiger charge is 2.06. The average molecular weight is 307 g/mol. The number of aromatic nitrogens is 2. The number of hydrogen-bond donors (Lipinski definition) is 2. The van der Waals surface area contributed by atoms with Crippen LogP contribution < -0.4 is 11.1 Å². The third-order valence-corrected chi connectivity index (χ3v) is 3.71. The molecular formula is C13H15BrN4. The maximum absolute atomic E-state index is 5.78. The molecule has 3 N–H and O–H groups in total. The molecule has 94 valence electrons. The van der Waals surface area contributed by atoms with Crippen LogP contribution in [0.3, 0.4) is 0 Å². The number of rotatable bonds is 3. The van der Waals surface area contributed by atoms with Gasteiger partial charge in [0, 0.05) is 18.4 Å². The van der Waals surface area contributed by atoms with Crippen LogP contribution in [-0.2, 0) is 6.54 Å². The van der Waals surface area contributed by atoms with Gasteiger partial charge in [-0.15, -0.1) is 0 Å². The zero-order valence-corrected chi connectivity index (χ0v) is 12.0. The number of halogens is 1. The first-order valence-corrected chi connectivity index (χ1v) is 6.43. The van der Waals surface area contributed by atoms with Crippen molar-refractivity contribution < 1.29 is 0 Å². The van der Waals surface area contributed by atoms with Crippen LogP contribution in [0.15, 0.2) is 29.0 Å². The molecule has 5 heteroatoms. The van der Waals surface area contributed by atoms with Crippen molar-refractivity contribution >= 4 is 27.4 Å². The summed E-state index contributed by atoms with van der Waals surface area (Å²) in [5.41, 5.74) is 9.59. The SMILES string of the molecule is Cc1ccc(CNc2ncc(N)c(C)c2Br)cn1. The maximum atomic E-state index is 5.78. The Morgan fingerprint density at radius 1 is 1.22 bits per heavy atom. The minimum absolute atomic E-state index is 0.683. The van der Waals surface area contributed by atoms with E-state index in [1.54, 1.807) is 6.20 Å². The standard InChI is InChI=1S/C13H15BrN4/c1-8-3-4-10(5-16-8)6-17-13-12(14)9(2)11(15)7-18-13/h3-5,7H,6,15H2,1-2H3,(H,17,18). The molecule has 0 fully saturated rings. The Morgan fingerprint density at radius 2 is 2.00 bits per heavy atom. The van der Waals surface area contributed by atoms with Crippen LogP contribution in [0, 0.1) is 13.8 Å². The molecule has 2 rings (SSSR count). The van der Waals surface area contributed by atoms with Crippen molar-refractivity contribution in [2.24, 2.45) is 0 Å². The Kier molecular flexibility index (Phi) is 3.81. The van der Waals surface area contributed by atoms with Crippen LogP contribution in [-0.4, -0.2) is 9.97 Å². The number of nitrogens with two attached hydrogens (primary N) is 1. The van der Waals surface area contributed by atoms with Crippen molar-refractivity contribution in [2.75, 3.05) is 11.1 Å². The van der Waals surface area contributed by atoms with Crippen molar-refractivity contribution in [3.8, 4) is 0 Å². The summed E-state index contributed by atoms with van der Waals surface area (Å²) in [6, 6.07) is 4.04. The van der Waals surface area contributed by atoms with Crippen LogP contribution in [0.1, 0.15) is 16.8 Å². The summed E-state index contributed by atoms with van der Waals surface area (Å²) < 4.78 is 0.905. The number of hydrogen-bond acceptors (Lipinski definition) is 4. The summed E-state index contributed by atoms with van der Waals surface area (Å²) in [6.07, 6.45) is 3.52. The van der Waals surface area contributed by atoms with E-state index < -0.39 is 0 Å². The summed E-state index contributed by atoms with van der Waals surface area (Å²) in [7, 11) is 0. The monoisotopic (exact) mass is 306 g/mol. The second-order valence-electron chi connectivity index (χ2n) is 4.16. The van der Waals surface area contributed by atoms with E-state index in [9.17, 15) is 0 Å². The van der Waals surface area contributed by atoms with Gasteiger partial charge in [0.2, 0.25) is 0 Å². The van der Waals surface area contributed by atoms with Gasteiger partial charge >= 0.3 is 0 Å². The molecule has 2 aromatic heterocycles. The van der Waals surface area contributed by atoms with Gasteiger partial charge < -0.3 is 11.1 Å². The van der Waals surface area contributed by atoms with E-state index in [0.717, 1.165) is 27.1 Å². The zero-order valence-electron chi connectivity index (χ0n) is 10.4. The lowest BCUT2D eigenvalue weighted by atomic mass is 10.2. The van der Waals surface area contributed by atoms with E-state index in [1.165, 1.54) is 0 Å². The van der Waals surface area contributed by atoms with E-state index in [4.69, 9.17) is 5.73 Å². The molecule has 0 saturated heterocycles. The van der Waals surface area contributed by atoms with E-state index in [0.29, 0.717) is 12.2 Å². The Morgan fingerprint density at radius 3 is 2.67 bits per heavy atom. The van der Waals surface area contributed by atoms with Crippen LogP contribution in [0.2, 0.25) is 0 Å². The topological polar surface area (TPSA) is 63.8 Å². The molecule has 0 aromatic carbocycles. The highest BCUT2D eigenvalue weighted by atomic mass is 79.9.